The van der Waals surface area contributed by atoms with E-state index in [9.17, 15) is 14.3 Å². The van der Waals surface area contributed by atoms with Gasteiger partial charge in [-0.1, -0.05) is 18.2 Å². The minimum Gasteiger partial charge on any atom is -0.481 e. The Hall–Kier alpha value is -2.63. The van der Waals surface area contributed by atoms with Crippen molar-refractivity contribution in [2.45, 2.75) is 24.8 Å². The first-order valence-corrected chi connectivity index (χ1v) is 8.49. The summed E-state index contributed by atoms with van der Waals surface area (Å²) in [6.07, 6.45) is 1.42. The highest BCUT2D eigenvalue weighted by atomic mass is 35.5. The third-order valence-corrected chi connectivity index (χ3v) is 4.90. The Bertz CT molecular complexity index is 1010. The number of rotatable bonds is 3. The van der Waals surface area contributed by atoms with Crippen LogP contribution in [0, 0.1) is 5.82 Å². The highest BCUT2D eigenvalue weighted by Crippen LogP contribution is 2.35. The highest BCUT2D eigenvalue weighted by Gasteiger charge is 2.33. The lowest BCUT2D eigenvalue weighted by Crippen LogP contribution is -2.37. The molecule has 1 aliphatic rings. The predicted molar refractivity (Wildman–Crippen MR) is 104 cm³/mol. The van der Waals surface area contributed by atoms with Crippen molar-refractivity contribution >= 4 is 29.1 Å². The standard InChI is InChI=1S/C21H18FNO3.ClH/c22-15-5-1-14-10-16(7-3-13(14)9-15)26-17-6-2-12-4-8-19(23)20(21(24)25)18(12)11-17;/h1-3,5-7,9-11,19-20H,4,8,23H2,(H,24,25);1H. The maximum atomic E-state index is 13.3. The number of carboxylic acid groups (broad SMARTS) is 1. The van der Waals surface area contributed by atoms with Crippen LogP contribution >= 0.6 is 12.4 Å². The lowest BCUT2D eigenvalue weighted by atomic mass is 9.79. The number of halogens is 2. The monoisotopic (exact) mass is 387 g/mol. The molecule has 0 spiro atoms. The van der Waals surface area contributed by atoms with Crippen molar-refractivity contribution in [2.24, 2.45) is 5.73 Å². The number of nitrogens with two attached hydrogens (primary N) is 1. The minimum atomic E-state index is -0.914. The van der Waals surface area contributed by atoms with E-state index < -0.39 is 17.9 Å². The van der Waals surface area contributed by atoms with Gasteiger partial charge in [-0.3, -0.25) is 4.79 Å². The predicted octanol–water partition coefficient (Wildman–Crippen LogP) is 4.63. The van der Waals surface area contributed by atoms with Crippen LogP contribution in [-0.4, -0.2) is 17.1 Å². The van der Waals surface area contributed by atoms with Gasteiger partial charge < -0.3 is 15.6 Å². The molecule has 0 amide bonds. The smallest absolute Gasteiger partial charge is 0.312 e. The van der Waals surface area contributed by atoms with Crippen LogP contribution in [0.1, 0.15) is 23.5 Å². The van der Waals surface area contributed by atoms with E-state index in [-0.39, 0.29) is 18.2 Å². The van der Waals surface area contributed by atoms with E-state index in [1.165, 1.54) is 12.1 Å². The van der Waals surface area contributed by atoms with Crippen molar-refractivity contribution in [2.75, 3.05) is 0 Å². The van der Waals surface area contributed by atoms with E-state index in [1.54, 1.807) is 24.3 Å². The number of ether oxygens (including phenoxy) is 1. The van der Waals surface area contributed by atoms with Crippen LogP contribution in [0.5, 0.6) is 11.5 Å². The molecule has 3 aromatic carbocycles. The Morgan fingerprint density at radius 3 is 2.48 bits per heavy atom. The van der Waals surface area contributed by atoms with Crippen molar-refractivity contribution in [1.82, 2.24) is 0 Å². The van der Waals surface area contributed by atoms with Crippen molar-refractivity contribution in [3.63, 3.8) is 0 Å². The zero-order valence-corrected chi connectivity index (χ0v) is 15.2. The molecule has 1 aliphatic carbocycles. The first-order valence-electron chi connectivity index (χ1n) is 8.49. The molecule has 3 N–H and O–H groups in total. The summed E-state index contributed by atoms with van der Waals surface area (Å²) in [5, 5.41) is 11.2. The van der Waals surface area contributed by atoms with Gasteiger partial charge in [0.1, 0.15) is 17.3 Å². The average Bonchev–Trinajstić information content (AvgIpc) is 2.61. The number of carbonyl (C=O) groups is 1. The molecule has 2 unspecified atom stereocenters. The van der Waals surface area contributed by atoms with E-state index in [2.05, 4.69) is 0 Å². The van der Waals surface area contributed by atoms with Crippen LogP contribution in [0.3, 0.4) is 0 Å². The van der Waals surface area contributed by atoms with Crippen molar-refractivity contribution in [3.05, 3.63) is 71.5 Å². The number of hydrogen-bond acceptors (Lipinski definition) is 3. The van der Waals surface area contributed by atoms with Crippen LogP contribution in [-0.2, 0) is 11.2 Å². The molecule has 0 saturated heterocycles. The SMILES string of the molecule is Cl.NC1CCc2ccc(Oc3ccc4cc(F)ccc4c3)cc2C1C(=O)O. The van der Waals surface area contributed by atoms with Crippen LogP contribution < -0.4 is 10.5 Å². The van der Waals surface area contributed by atoms with Crippen molar-refractivity contribution in [1.29, 1.82) is 0 Å². The zero-order valence-electron chi connectivity index (χ0n) is 14.4. The molecular weight excluding hydrogens is 369 g/mol. The number of aliphatic carboxylic acids is 1. The average molecular weight is 388 g/mol. The van der Waals surface area contributed by atoms with E-state index in [0.29, 0.717) is 17.9 Å². The molecule has 0 bridgehead atoms. The Morgan fingerprint density at radius 1 is 1.04 bits per heavy atom. The molecular formula is C21H19ClFNO3. The van der Waals surface area contributed by atoms with Gasteiger partial charge in [0.15, 0.2) is 0 Å². The van der Waals surface area contributed by atoms with E-state index in [4.69, 9.17) is 10.5 Å². The van der Waals surface area contributed by atoms with Crippen LogP contribution in [0.25, 0.3) is 10.8 Å². The van der Waals surface area contributed by atoms with Gasteiger partial charge >= 0.3 is 5.97 Å². The summed E-state index contributed by atoms with van der Waals surface area (Å²) in [6.45, 7) is 0. The number of aryl methyl sites for hydroxylation is 1. The van der Waals surface area contributed by atoms with Crippen LogP contribution in [0.4, 0.5) is 4.39 Å². The second-order valence-electron chi connectivity index (χ2n) is 6.63. The molecule has 0 radical (unpaired) electrons. The summed E-state index contributed by atoms with van der Waals surface area (Å²) in [5.41, 5.74) is 7.74. The highest BCUT2D eigenvalue weighted by molar-refractivity contribution is 5.85. The third-order valence-electron chi connectivity index (χ3n) is 4.90. The largest absolute Gasteiger partial charge is 0.481 e. The van der Waals surface area contributed by atoms with Gasteiger partial charge in [0.2, 0.25) is 0 Å². The Balaban J connectivity index is 0.00000210. The summed E-state index contributed by atoms with van der Waals surface area (Å²) in [6, 6.07) is 15.1. The molecule has 0 saturated carbocycles. The van der Waals surface area contributed by atoms with Gasteiger partial charge in [-0.15, -0.1) is 12.4 Å². The molecule has 0 heterocycles. The fourth-order valence-electron chi connectivity index (χ4n) is 3.58. The molecule has 6 heteroatoms. The van der Waals surface area contributed by atoms with Gasteiger partial charge in [0.05, 0.1) is 5.92 Å². The van der Waals surface area contributed by atoms with Gasteiger partial charge in [-0.2, -0.15) is 0 Å². The molecule has 140 valence electrons. The second-order valence-corrected chi connectivity index (χ2v) is 6.63. The fourth-order valence-corrected chi connectivity index (χ4v) is 3.58. The van der Waals surface area contributed by atoms with Crippen LogP contribution in [0.15, 0.2) is 54.6 Å². The topological polar surface area (TPSA) is 72.5 Å². The molecule has 27 heavy (non-hydrogen) atoms. The molecule has 3 aromatic rings. The number of benzene rings is 3. The van der Waals surface area contributed by atoms with Gasteiger partial charge in [0.25, 0.3) is 0 Å². The Labute approximate surface area is 162 Å². The first-order chi connectivity index (χ1) is 12.5. The Morgan fingerprint density at radius 2 is 1.70 bits per heavy atom. The van der Waals surface area contributed by atoms with Crippen molar-refractivity contribution in [3.8, 4) is 11.5 Å². The van der Waals surface area contributed by atoms with Gasteiger partial charge in [-0.05, 0) is 71.1 Å². The van der Waals surface area contributed by atoms with Crippen molar-refractivity contribution < 1.29 is 19.0 Å². The molecule has 2 atom stereocenters. The van der Waals surface area contributed by atoms with Gasteiger partial charge in [0, 0.05) is 6.04 Å². The lowest BCUT2D eigenvalue weighted by molar-refractivity contribution is -0.139. The lowest BCUT2D eigenvalue weighted by Gasteiger charge is -2.28. The fraction of sp³-hybridized carbons (Fsp3) is 0.190. The van der Waals surface area contributed by atoms with E-state index >= 15 is 0 Å². The summed E-state index contributed by atoms with van der Waals surface area (Å²) in [7, 11) is 0. The summed E-state index contributed by atoms with van der Waals surface area (Å²) >= 11 is 0. The maximum Gasteiger partial charge on any atom is 0.312 e. The second kappa shape index (κ2) is 7.55. The third kappa shape index (κ3) is 3.75. The number of hydrogen-bond donors (Lipinski definition) is 2. The Kier molecular flexibility index (Phi) is 5.35. The minimum absolute atomic E-state index is 0. The molecule has 4 nitrogen and oxygen atoms in total. The van der Waals surface area contributed by atoms with Crippen LogP contribution in [0.2, 0.25) is 0 Å². The van der Waals surface area contributed by atoms with Gasteiger partial charge in [-0.25, -0.2) is 4.39 Å². The maximum absolute atomic E-state index is 13.3. The van der Waals surface area contributed by atoms with E-state index in [1.807, 2.05) is 18.2 Å². The molecule has 0 aromatic heterocycles. The molecule has 0 aliphatic heterocycles. The first kappa shape index (κ1) is 19.1. The summed E-state index contributed by atoms with van der Waals surface area (Å²) < 4.78 is 19.2. The number of fused-ring (bicyclic) bond motifs is 2. The molecule has 4 rings (SSSR count). The van der Waals surface area contributed by atoms with E-state index in [0.717, 1.165) is 28.3 Å². The quantitative estimate of drug-likeness (QED) is 0.687. The zero-order chi connectivity index (χ0) is 18.3. The summed E-state index contributed by atoms with van der Waals surface area (Å²) in [4.78, 5) is 11.6. The summed E-state index contributed by atoms with van der Waals surface area (Å²) in [5.74, 6) is -0.747. The number of carboxylic acids is 1. The molecule has 0 fully saturated rings. The normalized spacial score (nSPS) is 18.4.